The van der Waals surface area contributed by atoms with Crippen molar-refractivity contribution < 1.29 is 26.9 Å². The first-order chi connectivity index (χ1) is 9.68. The number of rotatable bonds is 6. The van der Waals surface area contributed by atoms with Crippen molar-refractivity contribution in [2.24, 2.45) is 0 Å². The Labute approximate surface area is 119 Å². The molecule has 0 atom stereocenters. The summed E-state index contributed by atoms with van der Waals surface area (Å²) in [5.41, 5.74) is -1.82. The smallest absolute Gasteiger partial charge is 0.307 e. The van der Waals surface area contributed by atoms with E-state index in [2.05, 4.69) is 5.32 Å². The minimum absolute atomic E-state index is 0.108. The lowest BCUT2D eigenvalue weighted by molar-refractivity contribution is -0.387. The molecule has 0 spiro atoms. The minimum Gasteiger partial charge on any atom is -0.351 e. The quantitative estimate of drug-likeness (QED) is 0.622. The molecule has 0 radical (unpaired) electrons. The van der Waals surface area contributed by atoms with Crippen LogP contribution < -0.4 is 5.32 Å². The van der Waals surface area contributed by atoms with E-state index in [-0.39, 0.29) is 18.1 Å². The van der Waals surface area contributed by atoms with Gasteiger partial charge in [0.25, 0.3) is 5.91 Å². The first kappa shape index (κ1) is 17.0. The topological polar surface area (TPSA) is 106 Å². The maximum absolute atomic E-state index is 13.5. The second-order valence-electron chi connectivity index (χ2n) is 4.03. The lowest BCUT2D eigenvalue weighted by atomic mass is 10.1. The van der Waals surface area contributed by atoms with Crippen LogP contribution in [0.3, 0.4) is 0 Å². The fraction of sp³-hybridized carbons (Fsp3) is 0.364. The second kappa shape index (κ2) is 6.57. The molecular formula is C11H12F2N2O5S. The Balaban J connectivity index is 2.84. The zero-order valence-corrected chi connectivity index (χ0v) is 11.7. The Morgan fingerprint density at radius 1 is 1.33 bits per heavy atom. The van der Waals surface area contributed by atoms with Crippen LogP contribution in [0.25, 0.3) is 0 Å². The molecule has 116 valence electrons. The Bertz CT molecular complexity index is 675. The van der Waals surface area contributed by atoms with Crippen molar-refractivity contribution in [3.05, 3.63) is 39.4 Å². The zero-order chi connectivity index (χ0) is 16.2. The van der Waals surface area contributed by atoms with Crippen molar-refractivity contribution in [2.75, 3.05) is 18.1 Å². The van der Waals surface area contributed by atoms with E-state index in [1.165, 1.54) is 6.92 Å². The molecular weight excluding hydrogens is 310 g/mol. The normalized spacial score (nSPS) is 11.2. The first-order valence-electron chi connectivity index (χ1n) is 5.80. The van der Waals surface area contributed by atoms with Gasteiger partial charge in [-0.15, -0.1) is 0 Å². The molecule has 1 aromatic carbocycles. The molecule has 1 aromatic rings. The van der Waals surface area contributed by atoms with Gasteiger partial charge in [0.1, 0.15) is 5.82 Å². The summed E-state index contributed by atoms with van der Waals surface area (Å²) in [6.07, 6.45) is 0. The average molecular weight is 322 g/mol. The largest absolute Gasteiger partial charge is 0.351 e. The van der Waals surface area contributed by atoms with Crippen LogP contribution in [0.2, 0.25) is 0 Å². The number of nitrogens with zero attached hydrogens (tertiary/aromatic N) is 1. The lowest BCUT2D eigenvalue weighted by Crippen LogP contribution is -2.30. The average Bonchev–Trinajstić information content (AvgIpc) is 2.40. The third kappa shape index (κ3) is 4.45. The number of hydrogen-bond donors (Lipinski definition) is 1. The number of benzene rings is 1. The molecule has 0 aliphatic heterocycles. The molecule has 0 unspecified atom stereocenters. The monoisotopic (exact) mass is 322 g/mol. The molecule has 1 N–H and O–H groups in total. The number of hydrogen-bond acceptors (Lipinski definition) is 5. The van der Waals surface area contributed by atoms with E-state index in [0.717, 1.165) is 0 Å². The van der Waals surface area contributed by atoms with Crippen molar-refractivity contribution in [1.29, 1.82) is 0 Å². The van der Waals surface area contributed by atoms with Gasteiger partial charge in [-0.2, -0.15) is 4.39 Å². The molecule has 7 nitrogen and oxygen atoms in total. The molecule has 0 saturated heterocycles. The van der Waals surface area contributed by atoms with Crippen LogP contribution in [-0.4, -0.2) is 37.3 Å². The van der Waals surface area contributed by atoms with Gasteiger partial charge in [0.15, 0.2) is 9.84 Å². The summed E-state index contributed by atoms with van der Waals surface area (Å²) < 4.78 is 49.2. The van der Waals surface area contributed by atoms with E-state index in [1.54, 1.807) is 0 Å². The highest BCUT2D eigenvalue weighted by Crippen LogP contribution is 2.21. The Morgan fingerprint density at radius 3 is 2.48 bits per heavy atom. The van der Waals surface area contributed by atoms with E-state index >= 15 is 0 Å². The second-order valence-corrected chi connectivity index (χ2v) is 6.51. The molecule has 0 fully saturated rings. The first-order valence-corrected chi connectivity index (χ1v) is 7.62. The Kier molecular flexibility index (Phi) is 5.30. The number of sulfone groups is 1. The summed E-state index contributed by atoms with van der Waals surface area (Å²) in [7, 11) is -3.31. The van der Waals surface area contributed by atoms with Gasteiger partial charge < -0.3 is 5.32 Å². The van der Waals surface area contributed by atoms with E-state index in [0.29, 0.717) is 12.1 Å². The van der Waals surface area contributed by atoms with Crippen LogP contribution in [0, 0.1) is 21.7 Å². The van der Waals surface area contributed by atoms with Crippen molar-refractivity contribution in [1.82, 2.24) is 5.32 Å². The third-order valence-corrected chi connectivity index (χ3v) is 4.32. The minimum atomic E-state index is -3.31. The molecule has 0 aliphatic carbocycles. The third-order valence-electron chi connectivity index (χ3n) is 2.62. The molecule has 1 rings (SSSR count). The van der Waals surface area contributed by atoms with Gasteiger partial charge in [-0.05, 0) is 6.07 Å². The van der Waals surface area contributed by atoms with Crippen molar-refractivity contribution in [3.63, 3.8) is 0 Å². The van der Waals surface area contributed by atoms with Crippen LogP contribution >= 0.6 is 0 Å². The maximum Gasteiger partial charge on any atom is 0.307 e. The molecule has 0 aliphatic rings. The highest BCUT2D eigenvalue weighted by atomic mass is 32.2. The van der Waals surface area contributed by atoms with Gasteiger partial charge in [-0.25, -0.2) is 12.8 Å². The highest BCUT2D eigenvalue weighted by Gasteiger charge is 2.22. The van der Waals surface area contributed by atoms with Gasteiger partial charge in [0, 0.05) is 12.3 Å². The Morgan fingerprint density at radius 2 is 1.95 bits per heavy atom. The SMILES string of the molecule is CCS(=O)(=O)CCNC(=O)c1cc(F)c([N+](=O)[O-])cc1F. The summed E-state index contributed by atoms with van der Waals surface area (Å²) in [6.45, 7) is 1.16. The lowest BCUT2D eigenvalue weighted by Gasteiger charge is -2.06. The number of nitrogens with one attached hydrogen (secondary N) is 1. The molecule has 0 aromatic heterocycles. The van der Waals surface area contributed by atoms with E-state index in [9.17, 15) is 32.1 Å². The van der Waals surface area contributed by atoms with E-state index in [1.807, 2.05) is 0 Å². The van der Waals surface area contributed by atoms with Crippen molar-refractivity contribution in [3.8, 4) is 0 Å². The van der Waals surface area contributed by atoms with Crippen LogP contribution in [0.15, 0.2) is 12.1 Å². The van der Waals surface area contributed by atoms with Crippen molar-refractivity contribution in [2.45, 2.75) is 6.92 Å². The van der Waals surface area contributed by atoms with Crippen LogP contribution in [0.4, 0.5) is 14.5 Å². The van der Waals surface area contributed by atoms with E-state index in [4.69, 9.17) is 0 Å². The Hall–Kier alpha value is -2.10. The zero-order valence-electron chi connectivity index (χ0n) is 10.9. The predicted molar refractivity (Wildman–Crippen MR) is 69.7 cm³/mol. The number of nitro groups is 1. The fourth-order valence-corrected chi connectivity index (χ4v) is 2.11. The van der Waals surface area contributed by atoms with Crippen LogP contribution in [-0.2, 0) is 9.84 Å². The molecule has 0 heterocycles. The number of carbonyl (C=O) groups excluding carboxylic acids is 1. The molecule has 10 heteroatoms. The summed E-state index contributed by atoms with van der Waals surface area (Å²) in [6, 6.07) is 0.699. The summed E-state index contributed by atoms with van der Waals surface area (Å²) >= 11 is 0. The van der Waals surface area contributed by atoms with Gasteiger partial charge in [0.05, 0.1) is 22.3 Å². The maximum atomic E-state index is 13.5. The van der Waals surface area contributed by atoms with Gasteiger partial charge >= 0.3 is 5.69 Å². The summed E-state index contributed by atoms with van der Waals surface area (Å²) in [5, 5.41) is 12.5. The molecule has 21 heavy (non-hydrogen) atoms. The predicted octanol–water partition coefficient (Wildman–Crippen LogP) is 1.04. The summed E-state index contributed by atoms with van der Waals surface area (Å²) in [5.74, 6) is -4.12. The number of nitro benzene ring substituents is 1. The molecule has 0 saturated carbocycles. The highest BCUT2D eigenvalue weighted by molar-refractivity contribution is 7.91. The number of carbonyl (C=O) groups is 1. The fourth-order valence-electron chi connectivity index (χ4n) is 1.41. The molecule has 0 bridgehead atoms. The molecule has 1 amide bonds. The standard InChI is InChI=1S/C11H12F2N2O5S/c1-2-21(19,20)4-3-14-11(16)7-5-9(13)10(15(17)18)6-8(7)12/h5-6H,2-4H2,1H3,(H,14,16). The van der Waals surface area contributed by atoms with Crippen LogP contribution in [0.1, 0.15) is 17.3 Å². The van der Waals surface area contributed by atoms with Gasteiger partial charge in [-0.1, -0.05) is 6.92 Å². The van der Waals surface area contributed by atoms with Gasteiger partial charge in [0.2, 0.25) is 5.82 Å². The number of amides is 1. The van der Waals surface area contributed by atoms with E-state index < -0.39 is 43.6 Å². The van der Waals surface area contributed by atoms with Crippen LogP contribution in [0.5, 0.6) is 0 Å². The number of halogens is 2. The van der Waals surface area contributed by atoms with Gasteiger partial charge in [-0.3, -0.25) is 14.9 Å². The van der Waals surface area contributed by atoms with Crippen molar-refractivity contribution >= 4 is 21.4 Å². The summed E-state index contributed by atoms with van der Waals surface area (Å²) in [4.78, 5) is 20.9.